The number of fused-ring (bicyclic) bond motifs is 1. The van der Waals surface area contributed by atoms with Crippen molar-refractivity contribution in [1.82, 2.24) is 0 Å². The van der Waals surface area contributed by atoms with Gasteiger partial charge in [0.05, 0.1) is 19.6 Å². The van der Waals surface area contributed by atoms with Crippen LogP contribution in [0.3, 0.4) is 0 Å². The average molecular weight is 417 g/mol. The van der Waals surface area contributed by atoms with Gasteiger partial charge in [-0.1, -0.05) is 61.9 Å². The van der Waals surface area contributed by atoms with Gasteiger partial charge in [-0.3, -0.25) is 4.79 Å². The zero-order chi connectivity index (χ0) is 21.8. The summed E-state index contributed by atoms with van der Waals surface area (Å²) in [4.78, 5) is 12.6. The van der Waals surface area contributed by atoms with E-state index in [1.54, 1.807) is 7.11 Å². The molecule has 3 unspecified atom stereocenters. The van der Waals surface area contributed by atoms with Crippen LogP contribution in [0.1, 0.15) is 53.9 Å². The Morgan fingerprint density at radius 1 is 0.839 bits per heavy atom. The molecule has 4 nitrogen and oxygen atoms in total. The number of aliphatic carboxylic acids is 1. The van der Waals surface area contributed by atoms with Crippen LogP contribution < -0.4 is 9.47 Å². The fourth-order valence-electron chi connectivity index (χ4n) is 4.63. The van der Waals surface area contributed by atoms with Gasteiger partial charge in [-0.25, -0.2) is 0 Å². The predicted molar refractivity (Wildman–Crippen MR) is 121 cm³/mol. The number of rotatable bonds is 8. The number of carboxylic acids is 1. The Balaban J connectivity index is 1.72. The minimum absolute atomic E-state index is 0.217. The highest BCUT2D eigenvalue weighted by Gasteiger charge is 2.46. The van der Waals surface area contributed by atoms with E-state index in [-0.39, 0.29) is 11.8 Å². The van der Waals surface area contributed by atoms with Crippen LogP contribution in [-0.4, -0.2) is 24.8 Å². The van der Waals surface area contributed by atoms with Crippen molar-refractivity contribution in [1.29, 1.82) is 0 Å². The van der Waals surface area contributed by atoms with Crippen molar-refractivity contribution in [2.45, 2.75) is 31.6 Å². The number of carbonyl (C=O) groups is 1. The van der Waals surface area contributed by atoms with Crippen LogP contribution in [0, 0.1) is 5.92 Å². The highest BCUT2D eigenvalue weighted by atomic mass is 16.5. The molecule has 0 saturated carbocycles. The first kappa shape index (κ1) is 21.0. The zero-order valence-corrected chi connectivity index (χ0v) is 18.0. The summed E-state index contributed by atoms with van der Waals surface area (Å²) in [6.45, 7) is 2.83. The summed E-state index contributed by atoms with van der Waals surface area (Å²) in [5.41, 5.74) is 4.14. The topological polar surface area (TPSA) is 55.8 Å². The summed E-state index contributed by atoms with van der Waals surface area (Å²) >= 11 is 0. The SMILES string of the molecule is CCCCOc1ccc(C2c3ccccc3C(c3ccc(OC)cc3)C2C(=O)O)cc1. The quantitative estimate of drug-likeness (QED) is 0.468. The molecule has 160 valence electrons. The molecular formula is C27H28O4. The first-order valence-corrected chi connectivity index (χ1v) is 10.8. The van der Waals surface area contributed by atoms with E-state index >= 15 is 0 Å². The van der Waals surface area contributed by atoms with Gasteiger partial charge >= 0.3 is 5.97 Å². The smallest absolute Gasteiger partial charge is 0.308 e. The first-order valence-electron chi connectivity index (χ1n) is 10.8. The van der Waals surface area contributed by atoms with Gasteiger partial charge in [0, 0.05) is 11.8 Å². The first-order chi connectivity index (χ1) is 15.1. The van der Waals surface area contributed by atoms with Crippen LogP contribution in [-0.2, 0) is 4.79 Å². The van der Waals surface area contributed by atoms with Crippen molar-refractivity contribution < 1.29 is 19.4 Å². The Hall–Kier alpha value is -3.27. The molecule has 0 radical (unpaired) electrons. The fourth-order valence-corrected chi connectivity index (χ4v) is 4.63. The molecule has 3 aromatic carbocycles. The van der Waals surface area contributed by atoms with Crippen molar-refractivity contribution in [3.63, 3.8) is 0 Å². The van der Waals surface area contributed by atoms with Gasteiger partial charge in [0.25, 0.3) is 0 Å². The van der Waals surface area contributed by atoms with Crippen LogP contribution in [0.25, 0.3) is 0 Å². The van der Waals surface area contributed by atoms with E-state index in [9.17, 15) is 9.90 Å². The van der Waals surface area contributed by atoms with Crippen molar-refractivity contribution in [3.8, 4) is 11.5 Å². The average Bonchev–Trinajstić information content (AvgIpc) is 3.15. The van der Waals surface area contributed by atoms with Gasteiger partial charge in [-0.05, 0) is 52.9 Å². The van der Waals surface area contributed by atoms with Gasteiger partial charge < -0.3 is 14.6 Å². The molecule has 0 aliphatic heterocycles. The summed E-state index contributed by atoms with van der Waals surface area (Å²) < 4.78 is 11.1. The molecule has 1 N–H and O–H groups in total. The summed E-state index contributed by atoms with van der Waals surface area (Å²) in [5, 5.41) is 10.3. The number of benzene rings is 3. The molecular weight excluding hydrogens is 388 g/mol. The molecule has 31 heavy (non-hydrogen) atoms. The van der Waals surface area contributed by atoms with E-state index in [1.165, 1.54) is 0 Å². The molecule has 3 aromatic rings. The zero-order valence-electron chi connectivity index (χ0n) is 18.0. The van der Waals surface area contributed by atoms with E-state index in [0.717, 1.165) is 46.6 Å². The number of methoxy groups -OCH3 is 1. The fraction of sp³-hybridized carbons (Fsp3) is 0.296. The Morgan fingerprint density at radius 3 is 1.81 bits per heavy atom. The minimum Gasteiger partial charge on any atom is -0.497 e. The molecule has 1 aliphatic carbocycles. The molecule has 0 heterocycles. The van der Waals surface area contributed by atoms with Gasteiger partial charge in [0.1, 0.15) is 11.5 Å². The normalized spacial score (nSPS) is 19.6. The standard InChI is InChI=1S/C27H28O4/c1-3-4-17-31-21-15-11-19(12-16-21)25-23-8-6-5-7-22(23)24(26(25)27(28)29)18-9-13-20(30-2)14-10-18/h5-16,24-26H,3-4,17H2,1-2H3,(H,28,29). The van der Waals surface area contributed by atoms with Crippen molar-refractivity contribution in [2.24, 2.45) is 5.92 Å². The van der Waals surface area contributed by atoms with Crippen LogP contribution >= 0.6 is 0 Å². The molecule has 0 bridgehead atoms. The van der Waals surface area contributed by atoms with Gasteiger partial charge in [0.2, 0.25) is 0 Å². The second kappa shape index (κ2) is 9.25. The van der Waals surface area contributed by atoms with E-state index < -0.39 is 11.9 Å². The van der Waals surface area contributed by atoms with Crippen LogP contribution in [0.15, 0.2) is 72.8 Å². The third-order valence-corrected chi connectivity index (χ3v) is 6.15. The summed E-state index contributed by atoms with van der Waals surface area (Å²) in [6, 6.07) is 23.8. The molecule has 0 amide bonds. The summed E-state index contributed by atoms with van der Waals surface area (Å²) in [7, 11) is 1.63. The Bertz CT molecular complexity index is 1020. The monoisotopic (exact) mass is 416 g/mol. The molecule has 0 saturated heterocycles. The van der Waals surface area contributed by atoms with E-state index in [1.807, 2.05) is 60.7 Å². The summed E-state index contributed by atoms with van der Waals surface area (Å²) in [5.74, 6) is -0.224. The Kier molecular flexibility index (Phi) is 6.26. The van der Waals surface area contributed by atoms with Crippen molar-refractivity contribution in [2.75, 3.05) is 13.7 Å². The predicted octanol–water partition coefficient (Wildman–Crippen LogP) is 5.85. The lowest BCUT2D eigenvalue weighted by molar-refractivity contribution is -0.142. The number of hydrogen-bond donors (Lipinski definition) is 1. The molecule has 0 spiro atoms. The second-order valence-corrected chi connectivity index (χ2v) is 7.99. The minimum atomic E-state index is -0.787. The third kappa shape index (κ3) is 4.15. The largest absolute Gasteiger partial charge is 0.497 e. The van der Waals surface area contributed by atoms with Crippen LogP contribution in [0.5, 0.6) is 11.5 Å². The lowest BCUT2D eigenvalue weighted by Crippen LogP contribution is -2.23. The molecule has 0 fully saturated rings. The number of ether oxygens (including phenoxy) is 2. The van der Waals surface area contributed by atoms with Crippen molar-refractivity contribution >= 4 is 5.97 Å². The Morgan fingerprint density at radius 2 is 1.35 bits per heavy atom. The molecule has 0 aromatic heterocycles. The van der Waals surface area contributed by atoms with E-state index in [4.69, 9.17) is 9.47 Å². The summed E-state index contributed by atoms with van der Waals surface area (Å²) in [6.07, 6.45) is 2.10. The van der Waals surface area contributed by atoms with E-state index in [0.29, 0.717) is 6.61 Å². The lowest BCUT2D eigenvalue weighted by atomic mass is 9.79. The van der Waals surface area contributed by atoms with Crippen LogP contribution in [0.4, 0.5) is 0 Å². The lowest BCUT2D eigenvalue weighted by Gasteiger charge is -2.23. The maximum absolute atomic E-state index is 12.6. The van der Waals surface area contributed by atoms with Gasteiger partial charge in [0.15, 0.2) is 0 Å². The number of carboxylic acid groups (broad SMARTS) is 1. The maximum Gasteiger partial charge on any atom is 0.308 e. The van der Waals surface area contributed by atoms with Crippen molar-refractivity contribution in [3.05, 3.63) is 95.1 Å². The molecule has 4 heteroatoms. The van der Waals surface area contributed by atoms with Gasteiger partial charge in [-0.15, -0.1) is 0 Å². The number of unbranched alkanes of at least 4 members (excludes halogenated alkanes) is 1. The third-order valence-electron chi connectivity index (χ3n) is 6.15. The van der Waals surface area contributed by atoms with Crippen LogP contribution in [0.2, 0.25) is 0 Å². The van der Waals surface area contributed by atoms with E-state index in [2.05, 4.69) is 19.1 Å². The van der Waals surface area contributed by atoms with Gasteiger partial charge in [-0.2, -0.15) is 0 Å². The molecule has 3 atom stereocenters. The highest BCUT2D eigenvalue weighted by Crippen LogP contribution is 2.52. The highest BCUT2D eigenvalue weighted by molar-refractivity contribution is 5.77. The molecule has 4 rings (SSSR count). The molecule has 1 aliphatic rings. The Labute approximate surface area is 183 Å². The maximum atomic E-state index is 12.6. The number of hydrogen-bond acceptors (Lipinski definition) is 3. The second-order valence-electron chi connectivity index (χ2n) is 7.99.